The average Bonchev–Trinajstić information content (AvgIpc) is 2.51. The predicted molar refractivity (Wildman–Crippen MR) is 84.2 cm³/mol. The number of phenols is 1. The summed E-state index contributed by atoms with van der Waals surface area (Å²) in [5.74, 6) is -0.776. The van der Waals surface area contributed by atoms with E-state index in [0.717, 1.165) is 12.8 Å². The minimum atomic E-state index is -1.28. The Morgan fingerprint density at radius 1 is 1.33 bits per heavy atom. The molecular weight excluding hydrogens is 312 g/mol. The van der Waals surface area contributed by atoms with Crippen LogP contribution in [0, 0.1) is 17.3 Å². The number of benzene rings is 1. The molecule has 0 aromatic heterocycles. The van der Waals surface area contributed by atoms with Crippen molar-refractivity contribution in [2.24, 2.45) is 17.3 Å². The maximum atomic E-state index is 11.6. The van der Waals surface area contributed by atoms with Gasteiger partial charge in [0.05, 0.1) is 5.56 Å². The molecule has 1 heterocycles. The third-order valence-corrected chi connectivity index (χ3v) is 6.64. The van der Waals surface area contributed by atoms with Crippen LogP contribution in [0.15, 0.2) is 12.1 Å². The van der Waals surface area contributed by atoms with Crippen molar-refractivity contribution in [3.8, 4) is 11.5 Å². The second-order valence-electron chi connectivity index (χ2n) is 7.83. The van der Waals surface area contributed by atoms with Gasteiger partial charge in [0.25, 0.3) is 0 Å². The van der Waals surface area contributed by atoms with Gasteiger partial charge in [-0.25, -0.2) is 4.79 Å². The third kappa shape index (κ3) is 1.65. The van der Waals surface area contributed by atoms with Crippen LogP contribution in [0.5, 0.6) is 11.5 Å². The van der Waals surface area contributed by atoms with E-state index in [2.05, 4.69) is 13.8 Å². The Balaban J connectivity index is 1.89. The zero-order chi connectivity index (χ0) is 17.4. The molecule has 5 rings (SSSR count). The Bertz CT molecular complexity index is 726. The molecule has 130 valence electrons. The molecule has 2 bridgehead atoms. The molecule has 3 N–H and O–H groups in total. The Kier molecular flexibility index (Phi) is 3.04. The highest BCUT2D eigenvalue weighted by molar-refractivity contribution is 5.92. The van der Waals surface area contributed by atoms with Crippen molar-refractivity contribution in [3.63, 3.8) is 0 Å². The van der Waals surface area contributed by atoms with Gasteiger partial charge in [-0.2, -0.15) is 0 Å². The van der Waals surface area contributed by atoms with Crippen LogP contribution in [0.4, 0.5) is 0 Å². The normalized spacial score (nSPS) is 38.3. The lowest BCUT2D eigenvalue weighted by Crippen LogP contribution is -2.72. The Morgan fingerprint density at radius 3 is 2.62 bits per heavy atom. The third-order valence-electron chi connectivity index (χ3n) is 6.64. The van der Waals surface area contributed by atoms with Crippen molar-refractivity contribution in [3.05, 3.63) is 23.3 Å². The molecule has 0 saturated heterocycles. The van der Waals surface area contributed by atoms with Crippen LogP contribution in [0.1, 0.15) is 48.7 Å². The number of aromatic hydroxyl groups is 1. The fourth-order valence-electron chi connectivity index (χ4n) is 5.18. The van der Waals surface area contributed by atoms with Crippen molar-refractivity contribution in [1.29, 1.82) is 0 Å². The van der Waals surface area contributed by atoms with Gasteiger partial charge < -0.3 is 24.8 Å². The summed E-state index contributed by atoms with van der Waals surface area (Å²) in [6.45, 7) is 4.27. The first-order valence-corrected chi connectivity index (χ1v) is 8.23. The van der Waals surface area contributed by atoms with E-state index in [0.29, 0.717) is 11.7 Å². The average molecular weight is 334 g/mol. The molecule has 1 aromatic rings. The van der Waals surface area contributed by atoms with Crippen LogP contribution in [0.3, 0.4) is 0 Å². The molecule has 1 aliphatic heterocycles. The fraction of sp³-hybridized carbons (Fsp3) is 0.611. The van der Waals surface area contributed by atoms with Gasteiger partial charge in [0.15, 0.2) is 0 Å². The van der Waals surface area contributed by atoms with Crippen molar-refractivity contribution >= 4 is 5.97 Å². The Labute approximate surface area is 140 Å². The SMILES string of the molecule is CO[C@@H]1c2c(ccc(C(=O)O)c2O)O[C@H]2C[C@@H]3C[C@@H](C3(C)C)[C@]21O. The minimum Gasteiger partial charge on any atom is -0.507 e. The molecule has 0 amide bonds. The van der Waals surface area contributed by atoms with E-state index in [1.807, 2.05) is 0 Å². The summed E-state index contributed by atoms with van der Waals surface area (Å²) in [5.41, 5.74) is -1.31. The van der Waals surface area contributed by atoms with E-state index < -0.39 is 29.5 Å². The number of carboxylic acid groups (broad SMARTS) is 1. The number of carboxylic acids is 1. The van der Waals surface area contributed by atoms with Crippen LogP contribution in [0.25, 0.3) is 0 Å². The highest BCUT2D eigenvalue weighted by atomic mass is 16.5. The monoisotopic (exact) mass is 334 g/mol. The van der Waals surface area contributed by atoms with Crippen molar-refractivity contribution in [2.45, 2.75) is 44.5 Å². The molecule has 1 aromatic carbocycles. The number of rotatable bonds is 2. The number of methoxy groups -OCH3 is 1. The highest BCUT2D eigenvalue weighted by Gasteiger charge is 2.70. The molecule has 0 radical (unpaired) electrons. The number of aromatic carboxylic acids is 1. The molecular formula is C18H22O6. The number of ether oxygens (including phenoxy) is 2. The maximum Gasteiger partial charge on any atom is 0.339 e. The van der Waals surface area contributed by atoms with Crippen LogP contribution in [0.2, 0.25) is 0 Å². The van der Waals surface area contributed by atoms with E-state index in [-0.39, 0.29) is 22.5 Å². The largest absolute Gasteiger partial charge is 0.507 e. The first-order chi connectivity index (χ1) is 11.2. The molecule has 3 fully saturated rings. The minimum absolute atomic E-state index is 0.0280. The van der Waals surface area contributed by atoms with Crippen molar-refractivity contribution < 1.29 is 29.6 Å². The number of fused-ring (bicyclic) bond motifs is 1. The van der Waals surface area contributed by atoms with Gasteiger partial charge in [-0.1, -0.05) is 13.8 Å². The van der Waals surface area contributed by atoms with Crippen molar-refractivity contribution in [1.82, 2.24) is 0 Å². The standard InChI is InChI=1S/C18H22O6/c1-17(2)8-6-11(17)18(22)12(7-8)24-10-5-4-9(16(20)21)14(19)13(10)15(18)23-3/h4-5,8,11-12,15,19,22H,6-7H2,1-3H3,(H,20,21)/t8-,11-,12-,15+,18-/m0/s1. The second kappa shape index (κ2) is 4.64. The molecule has 3 aliphatic carbocycles. The summed E-state index contributed by atoms with van der Waals surface area (Å²) >= 11 is 0. The Hall–Kier alpha value is -1.79. The molecule has 0 unspecified atom stereocenters. The molecule has 24 heavy (non-hydrogen) atoms. The smallest absolute Gasteiger partial charge is 0.339 e. The molecule has 6 heteroatoms. The lowest BCUT2D eigenvalue weighted by molar-refractivity contribution is -0.293. The van der Waals surface area contributed by atoms with Gasteiger partial charge in [-0.05, 0) is 42.2 Å². The molecule has 6 nitrogen and oxygen atoms in total. The summed E-state index contributed by atoms with van der Waals surface area (Å²) in [6.07, 6.45) is 0.372. The molecule has 0 spiro atoms. The van der Waals surface area contributed by atoms with E-state index >= 15 is 0 Å². The number of hydrogen-bond donors (Lipinski definition) is 3. The molecule has 3 saturated carbocycles. The van der Waals surface area contributed by atoms with Gasteiger partial charge >= 0.3 is 5.97 Å². The van der Waals surface area contributed by atoms with Crippen LogP contribution < -0.4 is 4.74 Å². The maximum absolute atomic E-state index is 11.6. The molecule has 4 aliphatic rings. The van der Waals surface area contributed by atoms with E-state index in [4.69, 9.17) is 9.47 Å². The van der Waals surface area contributed by atoms with Gasteiger partial charge in [-0.3, -0.25) is 0 Å². The van der Waals surface area contributed by atoms with E-state index in [1.54, 1.807) is 0 Å². The first-order valence-electron chi connectivity index (χ1n) is 8.23. The first kappa shape index (κ1) is 15.7. The quantitative estimate of drug-likeness (QED) is 0.768. The summed E-state index contributed by atoms with van der Waals surface area (Å²) in [6, 6.07) is 2.86. The topological polar surface area (TPSA) is 96.2 Å². The van der Waals surface area contributed by atoms with Gasteiger partial charge in [-0.15, -0.1) is 0 Å². The summed E-state index contributed by atoms with van der Waals surface area (Å²) in [7, 11) is 1.47. The van der Waals surface area contributed by atoms with Gasteiger partial charge in [0.2, 0.25) is 0 Å². The van der Waals surface area contributed by atoms with Gasteiger partial charge in [0, 0.05) is 7.11 Å². The lowest BCUT2D eigenvalue weighted by Gasteiger charge is -2.67. The Morgan fingerprint density at radius 2 is 2.04 bits per heavy atom. The van der Waals surface area contributed by atoms with Crippen LogP contribution in [-0.4, -0.2) is 40.1 Å². The lowest BCUT2D eigenvalue weighted by atomic mass is 9.42. The van der Waals surface area contributed by atoms with E-state index in [9.17, 15) is 20.1 Å². The zero-order valence-corrected chi connectivity index (χ0v) is 13.9. The van der Waals surface area contributed by atoms with Gasteiger partial charge in [0.1, 0.15) is 34.9 Å². The number of aliphatic hydroxyl groups is 1. The zero-order valence-electron chi connectivity index (χ0n) is 13.9. The number of carbonyl (C=O) groups is 1. The summed E-state index contributed by atoms with van der Waals surface area (Å²) < 4.78 is 11.6. The summed E-state index contributed by atoms with van der Waals surface area (Å²) in [5, 5.41) is 31.3. The van der Waals surface area contributed by atoms with E-state index in [1.165, 1.54) is 19.2 Å². The second-order valence-corrected chi connectivity index (χ2v) is 7.83. The molecule has 5 atom stereocenters. The predicted octanol–water partition coefficient (Wildman–Crippen LogP) is 2.34. The number of hydrogen-bond acceptors (Lipinski definition) is 5. The van der Waals surface area contributed by atoms with Crippen LogP contribution >= 0.6 is 0 Å². The summed E-state index contributed by atoms with van der Waals surface area (Å²) in [4.78, 5) is 11.3. The van der Waals surface area contributed by atoms with Crippen LogP contribution in [-0.2, 0) is 4.74 Å². The van der Waals surface area contributed by atoms with Crippen molar-refractivity contribution in [2.75, 3.05) is 7.11 Å². The fourth-order valence-corrected chi connectivity index (χ4v) is 5.18. The highest BCUT2D eigenvalue weighted by Crippen LogP contribution is 2.68.